The zero-order chi connectivity index (χ0) is 12.4. The van der Waals surface area contributed by atoms with E-state index in [1.807, 2.05) is 6.07 Å². The Morgan fingerprint density at radius 1 is 1.29 bits per heavy atom. The number of benzene rings is 1. The van der Waals surface area contributed by atoms with Gasteiger partial charge in [0.05, 0.1) is 9.16 Å². The standard InChI is InChI=1S/C13H11Br2ClS/c1-2-8-5-3-4-6-9(8)12(16)11-7-10(14)13(15)17-11/h3-7,12H,2H2,1H3. The predicted molar refractivity (Wildman–Crippen MR) is 83.2 cm³/mol. The molecule has 0 aliphatic heterocycles. The van der Waals surface area contributed by atoms with Gasteiger partial charge in [0.1, 0.15) is 0 Å². The maximum Gasteiger partial charge on any atom is 0.0931 e. The summed E-state index contributed by atoms with van der Waals surface area (Å²) >= 11 is 15.2. The monoisotopic (exact) mass is 392 g/mol. The molecule has 2 rings (SSSR count). The average molecular weight is 395 g/mol. The van der Waals surface area contributed by atoms with Gasteiger partial charge < -0.3 is 0 Å². The zero-order valence-corrected chi connectivity index (χ0v) is 14.0. The molecule has 0 aliphatic carbocycles. The van der Waals surface area contributed by atoms with Gasteiger partial charge in [0.2, 0.25) is 0 Å². The molecule has 0 fully saturated rings. The SMILES string of the molecule is CCc1ccccc1C(Cl)c1cc(Br)c(Br)s1. The van der Waals surface area contributed by atoms with Crippen molar-refractivity contribution >= 4 is 54.8 Å². The number of thiophene rings is 1. The lowest BCUT2D eigenvalue weighted by Gasteiger charge is -2.12. The van der Waals surface area contributed by atoms with Crippen LogP contribution in [-0.4, -0.2) is 0 Å². The van der Waals surface area contributed by atoms with Gasteiger partial charge in [-0.05, 0) is 55.5 Å². The van der Waals surface area contributed by atoms with Crippen LogP contribution in [0.15, 0.2) is 38.6 Å². The highest BCUT2D eigenvalue weighted by Gasteiger charge is 2.17. The fraction of sp³-hybridized carbons (Fsp3) is 0.231. The second-order valence-corrected chi connectivity index (χ2v) is 7.38. The van der Waals surface area contributed by atoms with Crippen LogP contribution in [-0.2, 0) is 6.42 Å². The summed E-state index contributed by atoms with van der Waals surface area (Å²) in [6.45, 7) is 2.16. The maximum absolute atomic E-state index is 6.57. The Hall–Kier alpha value is 0.170. The van der Waals surface area contributed by atoms with E-state index in [4.69, 9.17) is 11.6 Å². The van der Waals surface area contributed by atoms with E-state index < -0.39 is 0 Å². The first-order chi connectivity index (χ1) is 8.13. The van der Waals surface area contributed by atoms with Gasteiger partial charge in [-0.25, -0.2) is 0 Å². The Labute approximate surface area is 127 Å². The first-order valence-corrected chi connectivity index (χ1v) is 8.14. The van der Waals surface area contributed by atoms with Gasteiger partial charge in [-0.1, -0.05) is 31.2 Å². The second kappa shape index (κ2) is 5.87. The molecule has 4 heteroatoms. The van der Waals surface area contributed by atoms with Crippen molar-refractivity contribution in [2.75, 3.05) is 0 Å². The minimum atomic E-state index is -0.0706. The number of hydrogen-bond donors (Lipinski definition) is 0. The van der Waals surface area contributed by atoms with Crippen LogP contribution in [0.5, 0.6) is 0 Å². The smallest absolute Gasteiger partial charge is 0.0931 e. The highest BCUT2D eigenvalue weighted by Crippen LogP contribution is 2.41. The summed E-state index contributed by atoms with van der Waals surface area (Å²) in [7, 11) is 0. The highest BCUT2D eigenvalue weighted by atomic mass is 79.9. The summed E-state index contributed by atoms with van der Waals surface area (Å²) in [5.41, 5.74) is 2.52. The third kappa shape index (κ3) is 2.95. The van der Waals surface area contributed by atoms with Gasteiger partial charge >= 0.3 is 0 Å². The molecule has 90 valence electrons. The van der Waals surface area contributed by atoms with E-state index in [2.05, 4.69) is 63.0 Å². The van der Waals surface area contributed by atoms with Gasteiger partial charge in [-0.3, -0.25) is 0 Å². The molecule has 2 aromatic rings. The van der Waals surface area contributed by atoms with Gasteiger partial charge in [0.25, 0.3) is 0 Å². The number of hydrogen-bond acceptors (Lipinski definition) is 1. The zero-order valence-electron chi connectivity index (χ0n) is 9.21. The number of halogens is 3. The molecule has 1 atom stereocenters. The van der Waals surface area contributed by atoms with E-state index >= 15 is 0 Å². The Bertz CT molecular complexity index is 502. The number of alkyl halides is 1. The largest absolute Gasteiger partial charge is 0.130 e. The molecule has 17 heavy (non-hydrogen) atoms. The molecule has 0 spiro atoms. The van der Waals surface area contributed by atoms with Crippen LogP contribution in [0.2, 0.25) is 0 Å². The predicted octanol–water partition coefficient (Wildman–Crippen LogP) is 6.16. The maximum atomic E-state index is 6.57. The summed E-state index contributed by atoms with van der Waals surface area (Å²) in [4.78, 5) is 1.16. The molecule has 1 unspecified atom stereocenters. The van der Waals surface area contributed by atoms with E-state index in [1.165, 1.54) is 11.1 Å². The van der Waals surface area contributed by atoms with Crippen LogP contribution >= 0.6 is 54.8 Å². The van der Waals surface area contributed by atoms with Crippen molar-refractivity contribution < 1.29 is 0 Å². The second-order valence-electron chi connectivity index (χ2n) is 3.69. The lowest BCUT2D eigenvalue weighted by molar-refractivity contribution is 1.05. The Balaban J connectivity index is 2.39. The van der Waals surface area contributed by atoms with Gasteiger partial charge in [0, 0.05) is 9.35 Å². The average Bonchev–Trinajstić information content (AvgIpc) is 2.68. The van der Waals surface area contributed by atoms with Crippen molar-refractivity contribution in [2.45, 2.75) is 18.7 Å². The van der Waals surface area contributed by atoms with Crippen molar-refractivity contribution in [3.8, 4) is 0 Å². The van der Waals surface area contributed by atoms with Crippen molar-refractivity contribution in [2.24, 2.45) is 0 Å². The van der Waals surface area contributed by atoms with Crippen molar-refractivity contribution in [1.29, 1.82) is 0 Å². The van der Waals surface area contributed by atoms with Crippen LogP contribution < -0.4 is 0 Å². The molecular formula is C13H11Br2ClS. The lowest BCUT2D eigenvalue weighted by Crippen LogP contribution is -1.96. The molecule has 0 aliphatic rings. The van der Waals surface area contributed by atoms with E-state index in [-0.39, 0.29) is 5.38 Å². The van der Waals surface area contributed by atoms with Crippen LogP contribution in [0.3, 0.4) is 0 Å². The minimum Gasteiger partial charge on any atom is -0.130 e. The first-order valence-electron chi connectivity index (χ1n) is 5.30. The summed E-state index contributed by atoms with van der Waals surface area (Å²) in [5.74, 6) is 0. The van der Waals surface area contributed by atoms with Gasteiger partial charge in [-0.15, -0.1) is 22.9 Å². The fourth-order valence-corrected chi connectivity index (χ4v) is 4.24. The van der Waals surface area contributed by atoms with Crippen LogP contribution in [0.4, 0.5) is 0 Å². The van der Waals surface area contributed by atoms with Crippen LogP contribution in [0, 0.1) is 0 Å². The van der Waals surface area contributed by atoms with Gasteiger partial charge in [0.15, 0.2) is 0 Å². The minimum absolute atomic E-state index is 0.0706. The molecule has 1 aromatic carbocycles. The summed E-state index contributed by atoms with van der Waals surface area (Å²) in [6.07, 6.45) is 1.01. The number of rotatable bonds is 3. The molecule has 1 heterocycles. The van der Waals surface area contributed by atoms with Crippen LogP contribution in [0.25, 0.3) is 0 Å². The Morgan fingerprint density at radius 3 is 2.59 bits per heavy atom. The molecular weight excluding hydrogens is 383 g/mol. The quantitative estimate of drug-likeness (QED) is 0.547. The number of aryl methyl sites for hydroxylation is 1. The summed E-state index contributed by atoms with van der Waals surface area (Å²) in [6, 6.07) is 10.4. The molecule has 0 saturated heterocycles. The molecule has 1 aromatic heterocycles. The third-order valence-corrected chi connectivity index (χ3v) is 6.54. The topological polar surface area (TPSA) is 0 Å². The molecule has 0 amide bonds. The van der Waals surface area contributed by atoms with Crippen molar-refractivity contribution in [3.63, 3.8) is 0 Å². The summed E-state index contributed by atoms with van der Waals surface area (Å²) in [5, 5.41) is -0.0706. The molecule has 0 bridgehead atoms. The normalized spacial score (nSPS) is 12.7. The molecule has 0 radical (unpaired) electrons. The third-order valence-electron chi connectivity index (χ3n) is 2.62. The van der Waals surface area contributed by atoms with Crippen molar-refractivity contribution in [3.05, 3.63) is 54.6 Å². The van der Waals surface area contributed by atoms with E-state index in [0.717, 1.165) is 19.6 Å². The Morgan fingerprint density at radius 2 is 2.00 bits per heavy atom. The first kappa shape index (κ1) is 13.6. The fourth-order valence-electron chi connectivity index (χ4n) is 1.74. The molecule has 0 saturated carbocycles. The van der Waals surface area contributed by atoms with Crippen molar-refractivity contribution in [1.82, 2.24) is 0 Å². The van der Waals surface area contributed by atoms with E-state index in [0.29, 0.717) is 0 Å². The van der Waals surface area contributed by atoms with Gasteiger partial charge in [-0.2, -0.15) is 0 Å². The highest BCUT2D eigenvalue weighted by molar-refractivity contribution is 9.13. The van der Waals surface area contributed by atoms with E-state index in [9.17, 15) is 0 Å². The van der Waals surface area contributed by atoms with Crippen LogP contribution in [0.1, 0.15) is 28.3 Å². The molecule has 0 nitrogen and oxygen atoms in total. The van der Waals surface area contributed by atoms with E-state index in [1.54, 1.807) is 11.3 Å². The Kier molecular flexibility index (Phi) is 4.70. The lowest BCUT2D eigenvalue weighted by atomic mass is 10.0. The molecule has 0 N–H and O–H groups in total. The summed E-state index contributed by atoms with van der Waals surface area (Å²) < 4.78 is 2.16.